The van der Waals surface area contributed by atoms with Crippen molar-refractivity contribution in [2.45, 2.75) is 6.92 Å². The molecule has 0 radical (unpaired) electrons. The zero-order chi connectivity index (χ0) is 17.8. The van der Waals surface area contributed by atoms with Gasteiger partial charge in [0.25, 0.3) is 5.91 Å². The molecule has 1 aliphatic heterocycles. The number of hydrogen-bond donors (Lipinski definition) is 1. The molecule has 1 aromatic carbocycles. The molecule has 0 saturated carbocycles. The second-order valence-electron chi connectivity index (χ2n) is 5.99. The number of nitrogens with zero attached hydrogens (tertiary/aromatic N) is 2. The molecule has 0 spiro atoms. The predicted molar refractivity (Wildman–Crippen MR) is 93.5 cm³/mol. The van der Waals surface area contributed by atoms with Crippen molar-refractivity contribution < 1.29 is 14.0 Å². The van der Waals surface area contributed by atoms with Gasteiger partial charge in [0.05, 0.1) is 11.9 Å². The molecule has 25 heavy (non-hydrogen) atoms. The van der Waals surface area contributed by atoms with Gasteiger partial charge >= 0.3 is 0 Å². The summed E-state index contributed by atoms with van der Waals surface area (Å²) >= 11 is 0. The molecule has 7 nitrogen and oxygen atoms in total. The van der Waals surface area contributed by atoms with Crippen molar-refractivity contribution in [3.05, 3.63) is 46.3 Å². The summed E-state index contributed by atoms with van der Waals surface area (Å²) in [6.07, 6.45) is 0. The van der Waals surface area contributed by atoms with Crippen LogP contribution >= 0.6 is 0 Å². The van der Waals surface area contributed by atoms with Gasteiger partial charge in [-0.3, -0.25) is 19.3 Å². The van der Waals surface area contributed by atoms with Gasteiger partial charge in [0.1, 0.15) is 5.58 Å². The number of piperazine rings is 1. The molecule has 132 valence electrons. The van der Waals surface area contributed by atoms with E-state index in [0.29, 0.717) is 50.2 Å². The Labute approximate surface area is 145 Å². The van der Waals surface area contributed by atoms with Crippen LogP contribution in [0.2, 0.25) is 0 Å². The van der Waals surface area contributed by atoms with Crippen LogP contribution in [0, 0.1) is 0 Å². The molecule has 0 atom stereocenters. The van der Waals surface area contributed by atoms with E-state index in [1.165, 1.54) is 6.07 Å². The van der Waals surface area contributed by atoms with Crippen LogP contribution in [-0.2, 0) is 4.79 Å². The Kier molecular flexibility index (Phi) is 5.14. The second kappa shape index (κ2) is 7.48. The van der Waals surface area contributed by atoms with Crippen molar-refractivity contribution in [3.8, 4) is 0 Å². The summed E-state index contributed by atoms with van der Waals surface area (Å²) < 4.78 is 5.61. The second-order valence-corrected chi connectivity index (χ2v) is 5.99. The first-order valence-corrected chi connectivity index (χ1v) is 8.39. The van der Waals surface area contributed by atoms with Gasteiger partial charge in [0, 0.05) is 38.8 Å². The molecule has 2 heterocycles. The number of para-hydroxylation sites is 1. The lowest BCUT2D eigenvalue weighted by molar-refractivity contribution is -0.122. The van der Waals surface area contributed by atoms with Gasteiger partial charge in [0.15, 0.2) is 11.2 Å². The highest BCUT2D eigenvalue weighted by Crippen LogP contribution is 2.14. The average molecular weight is 343 g/mol. The molecule has 0 bridgehead atoms. The van der Waals surface area contributed by atoms with Crippen LogP contribution in [0.15, 0.2) is 39.5 Å². The van der Waals surface area contributed by atoms with E-state index in [1.807, 2.05) is 11.8 Å². The third kappa shape index (κ3) is 3.88. The highest BCUT2D eigenvalue weighted by atomic mass is 16.3. The molecular formula is C18H21N3O4. The largest absolute Gasteiger partial charge is 0.451 e. The zero-order valence-electron chi connectivity index (χ0n) is 14.2. The highest BCUT2D eigenvalue weighted by Gasteiger charge is 2.25. The number of benzene rings is 1. The number of hydrogen-bond acceptors (Lipinski definition) is 5. The van der Waals surface area contributed by atoms with Crippen LogP contribution < -0.4 is 10.7 Å². The summed E-state index contributed by atoms with van der Waals surface area (Å²) in [5.74, 6) is -0.246. The maximum absolute atomic E-state index is 12.6. The third-order valence-electron chi connectivity index (χ3n) is 4.25. The van der Waals surface area contributed by atoms with Crippen LogP contribution in [0.5, 0.6) is 0 Å². The van der Waals surface area contributed by atoms with Crippen molar-refractivity contribution >= 4 is 22.8 Å². The Morgan fingerprint density at radius 2 is 1.88 bits per heavy atom. The van der Waals surface area contributed by atoms with Crippen LogP contribution in [0.1, 0.15) is 17.5 Å². The number of nitrogens with one attached hydrogen (secondary N) is 1. The lowest BCUT2D eigenvalue weighted by Gasteiger charge is -2.33. The summed E-state index contributed by atoms with van der Waals surface area (Å²) in [5, 5.41) is 3.23. The van der Waals surface area contributed by atoms with Crippen LogP contribution in [0.25, 0.3) is 11.0 Å². The fourth-order valence-corrected chi connectivity index (χ4v) is 2.93. The minimum Gasteiger partial charge on any atom is -0.451 e. The molecule has 1 aliphatic rings. The van der Waals surface area contributed by atoms with Crippen molar-refractivity contribution in [1.82, 2.24) is 15.1 Å². The van der Waals surface area contributed by atoms with E-state index in [-0.39, 0.29) is 23.0 Å². The molecule has 2 aromatic rings. The summed E-state index contributed by atoms with van der Waals surface area (Å²) in [6.45, 7) is 5.04. The van der Waals surface area contributed by atoms with Crippen LogP contribution in [0.4, 0.5) is 0 Å². The van der Waals surface area contributed by atoms with E-state index < -0.39 is 0 Å². The van der Waals surface area contributed by atoms with Gasteiger partial charge < -0.3 is 14.6 Å². The van der Waals surface area contributed by atoms with Crippen LogP contribution in [-0.4, -0.2) is 60.9 Å². The summed E-state index contributed by atoms with van der Waals surface area (Å²) in [7, 11) is 0. The Morgan fingerprint density at radius 3 is 2.60 bits per heavy atom. The number of rotatable bonds is 4. The minimum atomic E-state index is -0.291. The quantitative estimate of drug-likeness (QED) is 0.883. The van der Waals surface area contributed by atoms with E-state index in [4.69, 9.17) is 4.42 Å². The number of carbonyl (C=O) groups excluding carboxylic acids is 2. The molecule has 1 fully saturated rings. The number of amides is 2. The van der Waals surface area contributed by atoms with Gasteiger partial charge in [-0.15, -0.1) is 0 Å². The van der Waals surface area contributed by atoms with Crippen molar-refractivity contribution in [2.75, 3.05) is 39.3 Å². The fraction of sp³-hybridized carbons (Fsp3) is 0.389. The Hall–Kier alpha value is -2.67. The smallest absolute Gasteiger partial charge is 0.289 e. The molecule has 0 aliphatic carbocycles. The van der Waals surface area contributed by atoms with Gasteiger partial charge in [-0.25, -0.2) is 0 Å². The molecule has 3 rings (SSSR count). The van der Waals surface area contributed by atoms with E-state index in [9.17, 15) is 14.4 Å². The zero-order valence-corrected chi connectivity index (χ0v) is 14.2. The molecule has 0 unspecified atom stereocenters. The number of fused-ring (bicyclic) bond motifs is 1. The number of likely N-dealkylation sites (N-methyl/N-ethyl adjacent to an activating group) is 1. The fourth-order valence-electron chi connectivity index (χ4n) is 2.93. The van der Waals surface area contributed by atoms with Gasteiger partial charge in [-0.2, -0.15) is 0 Å². The summed E-state index contributed by atoms with van der Waals surface area (Å²) in [4.78, 5) is 40.0. The average Bonchev–Trinajstić information content (AvgIpc) is 2.62. The lowest BCUT2D eigenvalue weighted by atomic mass is 10.2. The first kappa shape index (κ1) is 17.2. The van der Waals surface area contributed by atoms with E-state index in [0.717, 1.165) is 0 Å². The Bertz CT molecular complexity index is 838. The Balaban J connectivity index is 1.67. The minimum absolute atomic E-state index is 0.0113. The topological polar surface area (TPSA) is 82.9 Å². The molecular weight excluding hydrogens is 322 g/mol. The molecule has 1 aromatic heterocycles. The van der Waals surface area contributed by atoms with Crippen molar-refractivity contribution in [2.24, 2.45) is 0 Å². The first-order chi connectivity index (χ1) is 12.1. The molecule has 7 heteroatoms. The van der Waals surface area contributed by atoms with E-state index in [2.05, 4.69) is 5.32 Å². The third-order valence-corrected chi connectivity index (χ3v) is 4.25. The van der Waals surface area contributed by atoms with Gasteiger partial charge in [-0.05, 0) is 19.1 Å². The maximum Gasteiger partial charge on any atom is 0.289 e. The molecule has 2 amide bonds. The van der Waals surface area contributed by atoms with E-state index in [1.54, 1.807) is 29.2 Å². The lowest BCUT2D eigenvalue weighted by Crippen LogP contribution is -2.51. The molecule has 1 N–H and O–H groups in total. The maximum atomic E-state index is 12.6. The molecule has 1 saturated heterocycles. The highest BCUT2D eigenvalue weighted by molar-refractivity contribution is 5.93. The first-order valence-electron chi connectivity index (χ1n) is 8.39. The summed E-state index contributed by atoms with van der Waals surface area (Å²) in [6, 6.07) is 8.13. The normalized spacial score (nSPS) is 15.3. The Morgan fingerprint density at radius 1 is 1.16 bits per heavy atom. The SMILES string of the molecule is CCNC(=O)CN1CCN(C(=O)c2cc(=O)c3ccccc3o2)CC1. The van der Waals surface area contributed by atoms with E-state index >= 15 is 0 Å². The predicted octanol–water partition coefficient (Wildman–Crippen LogP) is 0.687. The van der Waals surface area contributed by atoms with Crippen LogP contribution in [0.3, 0.4) is 0 Å². The monoisotopic (exact) mass is 343 g/mol. The summed E-state index contributed by atoms with van der Waals surface area (Å²) in [5.41, 5.74) is 0.188. The van der Waals surface area contributed by atoms with Crippen molar-refractivity contribution in [3.63, 3.8) is 0 Å². The standard InChI is InChI=1S/C18H21N3O4/c1-2-19-17(23)12-20-7-9-21(10-8-20)18(24)16-11-14(22)13-5-3-4-6-15(13)25-16/h3-6,11H,2,7-10,12H2,1H3,(H,19,23). The van der Waals surface area contributed by atoms with Gasteiger partial charge in [0.2, 0.25) is 5.91 Å². The number of carbonyl (C=O) groups is 2. The van der Waals surface area contributed by atoms with Gasteiger partial charge in [-0.1, -0.05) is 12.1 Å². The van der Waals surface area contributed by atoms with Crippen molar-refractivity contribution in [1.29, 1.82) is 0 Å².